The van der Waals surface area contributed by atoms with Crippen LogP contribution in [0.1, 0.15) is 36.8 Å². The predicted molar refractivity (Wildman–Crippen MR) is 148 cm³/mol. The first-order valence-corrected chi connectivity index (χ1v) is 13.6. The Morgan fingerprint density at radius 2 is 1.73 bits per heavy atom. The van der Waals surface area contributed by atoms with Gasteiger partial charge in [-0.1, -0.05) is 35.3 Å². The number of likely N-dealkylation sites (tertiary alicyclic amines) is 1. The van der Waals surface area contributed by atoms with Crippen LogP contribution < -0.4 is 9.64 Å². The topological polar surface area (TPSA) is 58.6 Å². The fraction of sp³-hybridized carbons (Fsp3) is 0.414. The highest BCUT2D eigenvalue weighted by atomic mass is 35.5. The van der Waals surface area contributed by atoms with E-state index in [4.69, 9.17) is 27.9 Å². The van der Waals surface area contributed by atoms with E-state index in [-0.39, 0.29) is 29.8 Å². The summed E-state index contributed by atoms with van der Waals surface area (Å²) in [4.78, 5) is 26.9. The molecule has 2 aliphatic heterocycles. The quantitative estimate of drug-likeness (QED) is 0.384. The maximum Gasteiger partial charge on any atom is 0.225 e. The second kappa shape index (κ2) is 11.3. The van der Waals surface area contributed by atoms with E-state index in [1.54, 1.807) is 18.3 Å². The van der Waals surface area contributed by atoms with Gasteiger partial charge >= 0.3 is 0 Å². The van der Waals surface area contributed by atoms with Crippen LogP contribution in [0.4, 0.5) is 5.82 Å². The van der Waals surface area contributed by atoms with Gasteiger partial charge in [0.15, 0.2) is 0 Å². The van der Waals surface area contributed by atoms with Crippen LogP contribution in [0.25, 0.3) is 0 Å². The molecule has 1 amide bonds. The number of halogens is 2. The summed E-state index contributed by atoms with van der Waals surface area (Å²) in [5.41, 5.74) is 2.37. The van der Waals surface area contributed by atoms with Crippen LogP contribution in [0.5, 0.6) is 5.88 Å². The average molecular weight is 540 g/mol. The number of rotatable bonds is 6. The number of pyridine rings is 2. The van der Waals surface area contributed by atoms with Crippen molar-refractivity contribution in [2.45, 2.75) is 38.7 Å². The lowest BCUT2D eigenvalue weighted by Gasteiger charge is -2.34. The van der Waals surface area contributed by atoms with Crippen LogP contribution in [0.15, 0.2) is 60.9 Å². The van der Waals surface area contributed by atoms with Crippen LogP contribution >= 0.6 is 23.2 Å². The third kappa shape index (κ3) is 6.02. The predicted octanol–water partition coefficient (Wildman–Crippen LogP) is 6.02. The van der Waals surface area contributed by atoms with Gasteiger partial charge in [0.05, 0.1) is 5.02 Å². The van der Waals surface area contributed by atoms with Crippen LogP contribution in [0.2, 0.25) is 10.0 Å². The molecular weight excluding hydrogens is 507 g/mol. The number of aromatic nitrogens is 2. The molecule has 0 N–H and O–H groups in total. The number of hydrogen-bond acceptors (Lipinski definition) is 5. The summed E-state index contributed by atoms with van der Waals surface area (Å²) < 4.78 is 6.23. The molecule has 5 rings (SSSR count). The number of ether oxygens (including phenoxy) is 1. The molecule has 0 bridgehead atoms. The summed E-state index contributed by atoms with van der Waals surface area (Å²) in [5, 5.41) is 1.27. The largest absolute Gasteiger partial charge is 0.474 e. The number of aryl methyl sites for hydroxylation is 1. The van der Waals surface area contributed by atoms with Crippen molar-refractivity contribution in [1.29, 1.82) is 0 Å². The highest BCUT2D eigenvalue weighted by Crippen LogP contribution is 2.38. The lowest BCUT2D eigenvalue weighted by molar-refractivity contribution is -0.135. The van der Waals surface area contributed by atoms with Crippen molar-refractivity contribution >= 4 is 34.9 Å². The Morgan fingerprint density at radius 1 is 1.00 bits per heavy atom. The van der Waals surface area contributed by atoms with E-state index in [9.17, 15) is 4.79 Å². The lowest BCUT2D eigenvalue weighted by atomic mass is 9.86. The van der Waals surface area contributed by atoms with Crippen molar-refractivity contribution in [3.8, 4) is 5.88 Å². The van der Waals surface area contributed by atoms with Crippen LogP contribution in [0.3, 0.4) is 0 Å². The van der Waals surface area contributed by atoms with Gasteiger partial charge in [-0.25, -0.2) is 9.97 Å². The minimum Gasteiger partial charge on any atom is -0.474 e. The molecule has 0 spiro atoms. The van der Waals surface area contributed by atoms with E-state index < -0.39 is 0 Å². The third-order valence-corrected chi connectivity index (χ3v) is 8.13. The van der Waals surface area contributed by atoms with E-state index in [2.05, 4.69) is 46.9 Å². The Morgan fingerprint density at radius 3 is 2.41 bits per heavy atom. The molecule has 8 heteroatoms. The Labute approximate surface area is 228 Å². The maximum atomic E-state index is 13.7. The molecule has 3 atom stereocenters. The molecule has 3 aromatic rings. The summed E-state index contributed by atoms with van der Waals surface area (Å²) in [7, 11) is 0. The zero-order chi connectivity index (χ0) is 25.9. The molecule has 0 saturated carbocycles. The number of nitrogens with zero attached hydrogens (tertiary/aromatic N) is 4. The van der Waals surface area contributed by atoms with Gasteiger partial charge < -0.3 is 14.5 Å². The zero-order valence-electron chi connectivity index (χ0n) is 21.2. The van der Waals surface area contributed by atoms with Gasteiger partial charge in [0.2, 0.25) is 11.8 Å². The monoisotopic (exact) mass is 538 g/mol. The van der Waals surface area contributed by atoms with Crippen molar-refractivity contribution in [3.63, 3.8) is 0 Å². The molecule has 4 heterocycles. The molecule has 0 aliphatic carbocycles. The Bertz CT molecular complexity index is 1210. The Hall–Kier alpha value is -2.83. The maximum absolute atomic E-state index is 13.7. The minimum atomic E-state index is -0.138. The molecular formula is C29H32Cl2N4O2. The standard InChI is InChI=1S/C29H32Cl2N4O2/c1-19-9-12-32-27(15-19)34-13-10-22(11-14-34)29(36)35-17-25(20(2)37-28-8-7-24(31)16-33-28)26(18-35)21-3-5-23(30)6-4-21/h3-9,12,15-16,20,22,25-26H,10-11,13-14,17-18H2,1-2H3/t20-,25+,26+/m0/s1. The van der Waals surface area contributed by atoms with E-state index in [1.807, 2.05) is 29.3 Å². The molecule has 37 heavy (non-hydrogen) atoms. The fourth-order valence-electron chi connectivity index (χ4n) is 5.56. The smallest absolute Gasteiger partial charge is 0.225 e. The summed E-state index contributed by atoms with van der Waals surface area (Å²) in [6.45, 7) is 7.15. The van der Waals surface area contributed by atoms with Crippen molar-refractivity contribution in [2.24, 2.45) is 11.8 Å². The van der Waals surface area contributed by atoms with Crippen molar-refractivity contribution in [1.82, 2.24) is 14.9 Å². The van der Waals surface area contributed by atoms with Crippen molar-refractivity contribution in [3.05, 3.63) is 82.1 Å². The molecule has 2 saturated heterocycles. The SMILES string of the molecule is Cc1ccnc(N2CCC(C(=O)N3C[C@H]([C@H](C)Oc4ccc(Cl)cn4)[C@@H](c4ccc(Cl)cc4)C3)CC2)c1. The second-order valence-electron chi connectivity index (χ2n) is 10.2. The van der Waals surface area contributed by atoms with Gasteiger partial charge in [0, 0.05) is 67.4 Å². The number of hydrogen-bond donors (Lipinski definition) is 0. The zero-order valence-corrected chi connectivity index (χ0v) is 22.7. The minimum absolute atomic E-state index is 0.0276. The van der Waals surface area contributed by atoms with Gasteiger partial charge in [-0.2, -0.15) is 0 Å². The molecule has 0 radical (unpaired) electrons. The summed E-state index contributed by atoms with van der Waals surface area (Å²) in [6.07, 6.45) is 4.97. The number of anilines is 1. The Kier molecular flexibility index (Phi) is 7.87. The molecule has 6 nitrogen and oxygen atoms in total. The van der Waals surface area contributed by atoms with Gasteiger partial charge in [0.25, 0.3) is 0 Å². The summed E-state index contributed by atoms with van der Waals surface area (Å²) in [5.74, 6) is 2.08. The molecule has 0 unspecified atom stereocenters. The normalized spacial score (nSPS) is 21.2. The number of piperidine rings is 1. The second-order valence-corrected chi connectivity index (χ2v) is 11.0. The van der Waals surface area contributed by atoms with E-state index >= 15 is 0 Å². The van der Waals surface area contributed by atoms with Gasteiger partial charge in [0.1, 0.15) is 11.9 Å². The number of carbonyl (C=O) groups is 1. The fourth-order valence-corrected chi connectivity index (χ4v) is 5.80. The van der Waals surface area contributed by atoms with Crippen molar-refractivity contribution in [2.75, 3.05) is 31.1 Å². The lowest BCUT2D eigenvalue weighted by Crippen LogP contribution is -2.42. The highest BCUT2D eigenvalue weighted by Gasteiger charge is 2.42. The van der Waals surface area contributed by atoms with Crippen molar-refractivity contribution < 1.29 is 9.53 Å². The highest BCUT2D eigenvalue weighted by molar-refractivity contribution is 6.30. The van der Waals surface area contributed by atoms with E-state index in [1.165, 1.54) is 11.1 Å². The van der Waals surface area contributed by atoms with Gasteiger partial charge in [-0.15, -0.1) is 0 Å². The van der Waals surface area contributed by atoms with Crippen LogP contribution in [0, 0.1) is 18.8 Å². The average Bonchev–Trinajstić information content (AvgIpc) is 3.36. The first-order chi connectivity index (χ1) is 17.9. The Balaban J connectivity index is 1.28. The first kappa shape index (κ1) is 25.8. The third-order valence-electron chi connectivity index (χ3n) is 7.65. The number of benzene rings is 1. The van der Waals surface area contributed by atoms with Gasteiger partial charge in [-0.05, 0) is 68.1 Å². The molecule has 2 aliphatic rings. The number of amides is 1. The molecule has 1 aromatic carbocycles. The van der Waals surface area contributed by atoms with Crippen LogP contribution in [-0.4, -0.2) is 53.1 Å². The molecule has 194 valence electrons. The van der Waals surface area contributed by atoms with E-state index in [0.717, 1.165) is 31.7 Å². The summed E-state index contributed by atoms with van der Waals surface area (Å²) >= 11 is 12.2. The summed E-state index contributed by atoms with van der Waals surface area (Å²) in [6, 6.07) is 15.6. The number of carbonyl (C=O) groups excluding carboxylic acids is 1. The van der Waals surface area contributed by atoms with Gasteiger partial charge in [-0.3, -0.25) is 4.79 Å². The van der Waals surface area contributed by atoms with E-state index in [0.29, 0.717) is 29.0 Å². The first-order valence-electron chi connectivity index (χ1n) is 12.9. The molecule has 2 fully saturated rings. The molecule has 2 aromatic heterocycles. The van der Waals surface area contributed by atoms with Crippen LogP contribution in [-0.2, 0) is 4.79 Å².